The lowest BCUT2D eigenvalue weighted by Crippen LogP contribution is -2.45. The first kappa shape index (κ1) is 15.7. The zero-order chi connectivity index (χ0) is 16.4. The van der Waals surface area contributed by atoms with Gasteiger partial charge < -0.3 is 9.73 Å². The normalized spacial score (nSPS) is 15.7. The molecule has 1 N–H and O–H groups in total. The molecule has 0 radical (unpaired) electrons. The maximum absolute atomic E-state index is 12.1. The summed E-state index contributed by atoms with van der Waals surface area (Å²) in [4.78, 5) is 22.1. The Bertz CT molecular complexity index is 752. The van der Waals surface area contributed by atoms with Crippen molar-refractivity contribution in [1.82, 2.24) is 5.32 Å². The van der Waals surface area contributed by atoms with Gasteiger partial charge in [-0.1, -0.05) is 34.5 Å². The third-order valence-corrected chi connectivity index (χ3v) is 4.82. The molecule has 1 aliphatic carbocycles. The lowest BCUT2D eigenvalue weighted by molar-refractivity contribution is -0.402. The van der Waals surface area contributed by atoms with Gasteiger partial charge in [0.25, 0.3) is 5.91 Å². The molecule has 0 spiro atoms. The van der Waals surface area contributed by atoms with E-state index in [-0.39, 0.29) is 11.2 Å². The van der Waals surface area contributed by atoms with Crippen LogP contribution >= 0.6 is 15.9 Å². The molecule has 1 aromatic carbocycles. The van der Waals surface area contributed by atoms with E-state index in [4.69, 9.17) is 4.42 Å². The van der Waals surface area contributed by atoms with Gasteiger partial charge in [0.15, 0.2) is 5.76 Å². The summed E-state index contributed by atoms with van der Waals surface area (Å²) in [7, 11) is 0. The van der Waals surface area contributed by atoms with Crippen LogP contribution < -0.4 is 5.32 Å². The largest absolute Gasteiger partial charge is 0.433 e. The average molecular weight is 379 g/mol. The topological polar surface area (TPSA) is 85.4 Å². The Morgan fingerprint density at radius 1 is 1.35 bits per heavy atom. The number of carbonyl (C=O) groups excluding carboxylic acids is 1. The van der Waals surface area contributed by atoms with Gasteiger partial charge in [-0.05, 0) is 36.6 Å². The fraction of sp³-hybridized carbons (Fsp3) is 0.312. The molecule has 1 aliphatic rings. The molecule has 7 heteroatoms. The first-order chi connectivity index (χ1) is 11.0. The van der Waals surface area contributed by atoms with Crippen LogP contribution in [0.15, 0.2) is 45.3 Å². The van der Waals surface area contributed by atoms with Crippen LogP contribution in [-0.2, 0) is 5.41 Å². The second-order valence-corrected chi connectivity index (χ2v) is 6.64. The van der Waals surface area contributed by atoms with E-state index in [9.17, 15) is 14.9 Å². The number of rotatable bonds is 5. The molecule has 1 amide bonds. The summed E-state index contributed by atoms with van der Waals surface area (Å²) >= 11 is 3.47. The van der Waals surface area contributed by atoms with Gasteiger partial charge in [0.1, 0.15) is 4.92 Å². The number of furan rings is 1. The molecule has 0 aliphatic heterocycles. The van der Waals surface area contributed by atoms with E-state index in [1.54, 1.807) is 0 Å². The molecular weight excluding hydrogens is 364 g/mol. The predicted octanol–water partition coefficient (Wildman–Crippen LogP) is 3.80. The first-order valence-electron chi connectivity index (χ1n) is 7.29. The minimum absolute atomic E-state index is 0.0413. The fourth-order valence-electron chi connectivity index (χ4n) is 2.87. The number of halogens is 1. The number of nitrogens with one attached hydrogen (secondary N) is 1. The average Bonchev–Trinajstić information content (AvgIpc) is 2.96. The van der Waals surface area contributed by atoms with Crippen LogP contribution in [0.5, 0.6) is 0 Å². The summed E-state index contributed by atoms with van der Waals surface area (Å²) in [6.07, 6.45) is 3.12. The Labute approximate surface area is 141 Å². The molecule has 1 aromatic heterocycles. The lowest BCUT2D eigenvalue weighted by Gasteiger charge is -2.42. The van der Waals surface area contributed by atoms with Crippen molar-refractivity contribution in [2.45, 2.75) is 24.7 Å². The van der Waals surface area contributed by atoms with Gasteiger partial charge >= 0.3 is 5.88 Å². The smallest absolute Gasteiger partial charge is 0.395 e. The van der Waals surface area contributed by atoms with Crippen molar-refractivity contribution in [3.05, 3.63) is 62.3 Å². The van der Waals surface area contributed by atoms with E-state index in [0.29, 0.717) is 6.54 Å². The van der Waals surface area contributed by atoms with Crippen LogP contribution in [0.3, 0.4) is 0 Å². The molecule has 1 heterocycles. The standard InChI is InChI=1S/C16H15BrN2O4/c17-12-4-1-3-11(9-12)16(7-2-8-16)10-18-15(20)13-5-6-14(23-13)19(21)22/h1,3-6,9H,2,7-8,10H2,(H,18,20). The van der Waals surface area contributed by atoms with E-state index in [0.717, 1.165) is 23.7 Å². The molecule has 2 aromatic rings. The van der Waals surface area contributed by atoms with Crippen molar-refractivity contribution in [1.29, 1.82) is 0 Å². The van der Waals surface area contributed by atoms with Crippen LogP contribution in [0.4, 0.5) is 5.88 Å². The van der Waals surface area contributed by atoms with E-state index >= 15 is 0 Å². The van der Waals surface area contributed by atoms with E-state index in [2.05, 4.69) is 33.4 Å². The number of carbonyl (C=O) groups is 1. The Morgan fingerprint density at radius 3 is 2.70 bits per heavy atom. The summed E-state index contributed by atoms with van der Waals surface area (Å²) in [6, 6.07) is 10.6. The second-order valence-electron chi connectivity index (χ2n) is 5.72. The monoisotopic (exact) mass is 378 g/mol. The molecular formula is C16H15BrN2O4. The second kappa shape index (κ2) is 6.16. The van der Waals surface area contributed by atoms with Crippen LogP contribution in [0, 0.1) is 10.1 Å². The summed E-state index contributed by atoms with van der Waals surface area (Å²) in [5, 5.41) is 13.4. The van der Waals surface area contributed by atoms with Gasteiger partial charge in [-0.15, -0.1) is 0 Å². The molecule has 1 fully saturated rings. The highest BCUT2D eigenvalue weighted by molar-refractivity contribution is 9.10. The lowest BCUT2D eigenvalue weighted by atomic mass is 9.64. The number of benzene rings is 1. The van der Waals surface area contributed by atoms with Gasteiger partial charge in [-0.2, -0.15) is 0 Å². The highest BCUT2D eigenvalue weighted by atomic mass is 79.9. The van der Waals surface area contributed by atoms with Crippen molar-refractivity contribution >= 4 is 27.7 Å². The molecule has 0 saturated heterocycles. The van der Waals surface area contributed by atoms with Gasteiger partial charge in [0, 0.05) is 16.4 Å². The maximum atomic E-state index is 12.1. The molecule has 120 valence electrons. The fourth-order valence-corrected chi connectivity index (χ4v) is 3.27. The van der Waals surface area contributed by atoms with Crippen LogP contribution in [0.2, 0.25) is 0 Å². The van der Waals surface area contributed by atoms with Crippen molar-refractivity contribution in [2.24, 2.45) is 0 Å². The van der Waals surface area contributed by atoms with E-state index in [1.807, 2.05) is 12.1 Å². The van der Waals surface area contributed by atoms with Gasteiger partial charge in [0.05, 0.1) is 6.07 Å². The van der Waals surface area contributed by atoms with E-state index < -0.39 is 16.7 Å². The molecule has 0 unspecified atom stereocenters. The van der Waals surface area contributed by atoms with Gasteiger partial charge in [0.2, 0.25) is 0 Å². The maximum Gasteiger partial charge on any atom is 0.433 e. The minimum atomic E-state index is -0.661. The number of nitrogens with zero attached hydrogens (tertiary/aromatic N) is 1. The molecule has 6 nitrogen and oxygen atoms in total. The summed E-state index contributed by atoms with van der Waals surface area (Å²) in [5.41, 5.74) is 1.11. The minimum Gasteiger partial charge on any atom is -0.395 e. The first-order valence-corrected chi connectivity index (χ1v) is 8.08. The Hall–Kier alpha value is -2.15. The number of nitro groups is 1. The summed E-state index contributed by atoms with van der Waals surface area (Å²) in [6.45, 7) is 0.483. The highest BCUT2D eigenvalue weighted by Crippen LogP contribution is 2.43. The SMILES string of the molecule is O=C(NCC1(c2cccc(Br)c2)CCC1)c1ccc([N+](=O)[O-])o1. The van der Waals surface area contributed by atoms with Crippen molar-refractivity contribution in [3.8, 4) is 0 Å². The molecule has 23 heavy (non-hydrogen) atoms. The van der Waals surface area contributed by atoms with Crippen molar-refractivity contribution in [2.75, 3.05) is 6.54 Å². The number of amides is 1. The van der Waals surface area contributed by atoms with Crippen LogP contribution in [0.25, 0.3) is 0 Å². The molecule has 0 atom stereocenters. The summed E-state index contributed by atoms with van der Waals surface area (Å²) < 4.78 is 5.94. The third-order valence-electron chi connectivity index (χ3n) is 4.33. The zero-order valence-corrected chi connectivity index (χ0v) is 13.8. The zero-order valence-electron chi connectivity index (χ0n) is 12.3. The number of hydrogen-bond acceptors (Lipinski definition) is 4. The summed E-state index contributed by atoms with van der Waals surface area (Å²) in [5.74, 6) is -0.903. The number of hydrogen-bond donors (Lipinski definition) is 1. The Kier molecular flexibility index (Phi) is 4.21. The molecule has 0 bridgehead atoms. The Balaban J connectivity index is 1.70. The highest BCUT2D eigenvalue weighted by Gasteiger charge is 2.39. The van der Waals surface area contributed by atoms with Crippen LogP contribution in [0.1, 0.15) is 35.4 Å². The Morgan fingerprint density at radius 2 is 2.13 bits per heavy atom. The predicted molar refractivity (Wildman–Crippen MR) is 87.4 cm³/mol. The van der Waals surface area contributed by atoms with Crippen molar-refractivity contribution < 1.29 is 14.1 Å². The van der Waals surface area contributed by atoms with Gasteiger partial charge in [-0.3, -0.25) is 14.9 Å². The molecule has 1 saturated carbocycles. The van der Waals surface area contributed by atoms with Crippen molar-refractivity contribution in [3.63, 3.8) is 0 Å². The molecule has 3 rings (SSSR count). The quantitative estimate of drug-likeness (QED) is 0.633. The van der Waals surface area contributed by atoms with Crippen LogP contribution in [-0.4, -0.2) is 17.4 Å². The van der Waals surface area contributed by atoms with Gasteiger partial charge in [-0.25, -0.2) is 0 Å². The third kappa shape index (κ3) is 3.14. The van der Waals surface area contributed by atoms with E-state index in [1.165, 1.54) is 17.7 Å².